The second-order valence-corrected chi connectivity index (χ2v) is 9.38. The molecule has 4 rings (SSSR count). The number of carbonyl (C=O) groups excluding carboxylic acids is 1. The van der Waals surface area contributed by atoms with Crippen LogP contribution in [0, 0.1) is 6.92 Å². The van der Waals surface area contributed by atoms with Gasteiger partial charge in [0.05, 0.1) is 29.8 Å². The number of amides is 1. The fourth-order valence-electron chi connectivity index (χ4n) is 3.92. The lowest BCUT2D eigenvalue weighted by Crippen LogP contribution is -2.49. The fourth-order valence-corrected chi connectivity index (χ4v) is 5.01. The quantitative estimate of drug-likeness (QED) is 0.376. The Bertz CT molecular complexity index is 1210. The summed E-state index contributed by atoms with van der Waals surface area (Å²) in [5.41, 5.74) is 2.79. The second-order valence-electron chi connectivity index (χ2n) is 8.00. The number of ether oxygens (including phenoxy) is 1. The van der Waals surface area contributed by atoms with Crippen molar-refractivity contribution >= 4 is 45.9 Å². The molecule has 1 aromatic heterocycles. The van der Waals surface area contributed by atoms with E-state index in [2.05, 4.69) is 41.1 Å². The molecule has 2 heterocycles. The SMILES string of the molecule is COCCn1c(SCC(=O)N2CCN(c3cccc(C)c3)CC2)nc2cc(Cl)ccc2c1=O. The zero-order chi connectivity index (χ0) is 23.4. The summed E-state index contributed by atoms with van der Waals surface area (Å²) < 4.78 is 6.74. The Morgan fingerprint density at radius 1 is 1.15 bits per heavy atom. The standard InChI is InChI=1S/C24H27ClN4O3S/c1-17-4-3-5-19(14-17)27-8-10-28(11-9-27)22(30)16-33-24-26-21-15-18(25)6-7-20(21)23(31)29(24)12-13-32-2/h3-7,14-15H,8-13,16H2,1-2H3. The topological polar surface area (TPSA) is 67.7 Å². The number of piperazine rings is 1. The maximum absolute atomic E-state index is 13.0. The van der Waals surface area contributed by atoms with Gasteiger partial charge in [-0.1, -0.05) is 35.5 Å². The van der Waals surface area contributed by atoms with Gasteiger partial charge >= 0.3 is 0 Å². The fraction of sp³-hybridized carbons (Fsp3) is 0.375. The molecule has 1 aliphatic rings. The van der Waals surface area contributed by atoms with Gasteiger partial charge in [0.25, 0.3) is 5.56 Å². The number of aryl methyl sites for hydroxylation is 1. The van der Waals surface area contributed by atoms with Crippen molar-refractivity contribution in [1.82, 2.24) is 14.5 Å². The number of nitrogens with zero attached hydrogens (tertiary/aromatic N) is 4. The number of carbonyl (C=O) groups is 1. The van der Waals surface area contributed by atoms with E-state index in [1.807, 2.05) is 4.90 Å². The van der Waals surface area contributed by atoms with Crippen LogP contribution in [0.3, 0.4) is 0 Å². The molecular weight excluding hydrogens is 460 g/mol. The van der Waals surface area contributed by atoms with Crippen molar-refractivity contribution in [2.24, 2.45) is 0 Å². The van der Waals surface area contributed by atoms with Gasteiger partial charge in [0.15, 0.2) is 5.16 Å². The molecule has 174 valence electrons. The highest BCUT2D eigenvalue weighted by atomic mass is 35.5. The number of thioether (sulfide) groups is 1. The first-order valence-corrected chi connectivity index (χ1v) is 12.2. The van der Waals surface area contributed by atoms with Crippen molar-refractivity contribution < 1.29 is 9.53 Å². The first-order chi connectivity index (χ1) is 16.0. The predicted octanol–water partition coefficient (Wildman–Crippen LogP) is 3.45. The molecule has 1 fully saturated rings. The maximum Gasteiger partial charge on any atom is 0.262 e. The summed E-state index contributed by atoms with van der Waals surface area (Å²) in [6, 6.07) is 13.5. The summed E-state index contributed by atoms with van der Waals surface area (Å²) in [5.74, 6) is 0.262. The highest BCUT2D eigenvalue weighted by Gasteiger charge is 2.22. The molecule has 1 amide bonds. The molecule has 9 heteroatoms. The number of methoxy groups -OCH3 is 1. The van der Waals surface area contributed by atoms with E-state index in [1.165, 1.54) is 23.0 Å². The van der Waals surface area contributed by atoms with Gasteiger partial charge in [-0.3, -0.25) is 14.2 Å². The minimum absolute atomic E-state index is 0.0441. The number of hydrogen-bond acceptors (Lipinski definition) is 6. The smallest absolute Gasteiger partial charge is 0.262 e. The molecule has 0 radical (unpaired) electrons. The number of anilines is 1. The normalized spacial score (nSPS) is 14.2. The van der Waals surface area contributed by atoms with Crippen LogP contribution in [-0.4, -0.2) is 66.0 Å². The average molecular weight is 487 g/mol. The van der Waals surface area contributed by atoms with E-state index in [1.54, 1.807) is 29.9 Å². The number of benzene rings is 2. The molecule has 33 heavy (non-hydrogen) atoms. The Hall–Kier alpha value is -2.55. The largest absolute Gasteiger partial charge is 0.383 e. The molecule has 0 saturated carbocycles. The molecule has 0 bridgehead atoms. The minimum Gasteiger partial charge on any atom is -0.383 e. The summed E-state index contributed by atoms with van der Waals surface area (Å²) in [5, 5.41) is 1.51. The summed E-state index contributed by atoms with van der Waals surface area (Å²) >= 11 is 7.38. The van der Waals surface area contributed by atoms with Crippen molar-refractivity contribution in [3.63, 3.8) is 0 Å². The molecule has 7 nitrogen and oxygen atoms in total. The van der Waals surface area contributed by atoms with E-state index >= 15 is 0 Å². The van der Waals surface area contributed by atoms with E-state index in [0.29, 0.717) is 47.3 Å². The van der Waals surface area contributed by atoms with E-state index in [-0.39, 0.29) is 17.2 Å². The number of hydrogen-bond donors (Lipinski definition) is 0. The van der Waals surface area contributed by atoms with E-state index in [9.17, 15) is 9.59 Å². The van der Waals surface area contributed by atoms with Crippen LogP contribution in [0.2, 0.25) is 5.02 Å². The molecule has 1 saturated heterocycles. The average Bonchev–Trinajstić information content (AvgIpc) is 2.82. The molecule has 0 atom stereocenters. The Balaban J connectivity index is 1.44. The van der Waals surface area contributed by atoms with Crippen LogP contribution in [0.5, 0.6) is 0 Å². The zero-order valence-corrected chi connectivity index (χ0v) is 20.4. The third-order valence-corrected chi connectivity index (χ3v) is 6.92. The van der Waals surface area contributed by atoms with Crippen LogP contribution < -0.4 is 10.5 Å². The predicted molar refractivity (Wildman–Crippen MR) is 134 cm³/mol. The van der Waals surface area contributed by atoms with E-state index in [0.717, 1.165) is 13.1 Å². The van der Waals surface area contributed by atoms with Gasteiger partial charge in [-0.2, -0.15) is 0 Å². The third-order valence-electron chi connectivity index (χ3n) is 5.73. The van der Waals surface area contributed by atoms with Crippen LogP contribution in [0.25, 0.3) is 10.9 Å². The van der Waals surface area contributed by atoms with Crippen LogP contribution in [0.15, 0.2) is 52.4 Å². The van der Waals surface area contributed by atoms with Gasteiger partial charge in [0.1, 0.15) is 0 Å². The van der Waals surface area contributed by atoms with Gasteiger partial charge in [-0.15, -0.1) is 0 Å². The monoisotopic (exact) mass is 486 g/mol. The Kier molecular flexibility index (Phi) is 7.57. The van der Waals surface area contributed by atoms with Gasteiger partial charge in [0.2, 0.25) is 5.91 Å². The zero-order valence-electron chi connectivity index (χ0n) is 18.8. The van der Waals surface area contributed by atoms with Gasteiger partial charge in [-0.25, -0.2) is 4.98 Å². The summed E-state index contributed by atoms with van der Waals surface area (Å²) in [4.78, 5) is 34.8. The lowest BCUT2D eigenvalue weighted by molar-refractivity contribution is -0.128. The molecule has 3 aromatic rings. The number of halogens is 1. The van der Waals surface area contributed by atoms with Gasteiger partial charge in [0, 0.05) is 44.0 Å². The van der Waals surface area contributed by atoms with Crippen molar-refractivity contribution in [2.45, 2.75) is 18.6 Å². The van der Waals surface area contributed by atoms with E-state index in [4.69, 9.17) is 16.3 Å². The van der Waals surface area contributed by atoms with Crippen molar-refractivity contribution in [2.75, 3.05) is 50.5 Å². The Morgan fingerprint density at radius 2 is 1.94 bits per heavy atom. The lowest BCUT2D eigenvalue weighted by atomic mass is 10.2. The van der Waals surface area contributed by atoms with Crippen LogP contribution in [0.1, 0.15) is 5.56 Å². The molecule has 0 unspecified atom stereocenters. The summed E-state index contributed by atoms with van der Waals surface area (Å²) in [7, 11) is 1.59. The van der Waals surface area contributed by atoms with Gasteiger partial charge in [-0.05, 0) is 42.8 Å². The van der Waals surface area contributed by atoms with Crippen LogP contribution in [0.4, 0.5) is 5.69 Å². The first-order valence-electron chi connectivity index (χ1n) is 10.9. The molecule has 0 N–H and O–H groups in total. The first kappa shape index (κ1) is 23.6. The molecule has 1 aliphatic heterocycles. The lowest BCUT2D eigenvalue weighted by Gasteiger charge is -2.36. The molecule has 2 aromatic carbocycles. The Morgan fingerprint density at radius 3 is 2.67 bits per heavy atom. The highest BCUT2D eigenvalue weighted by Crippen LogP contribution is 2.22. The van der Waals surface area contributed by atoms with Crippen LogP contribution >= 0.6 is 23.4 Å². The van der Waals surface area contributed by atoms with E-state index < -0.39 is 0 Å². The minimum atomic E-state index is -0.157. The molecule has 0 aliphatic carbocycles. The van der Waals surface area contributed by atoms with Crippen LogP contribution in [-0.2, 0) is 16.1 Å². The Labute approximate surface area is 202 Å². The van der Waals surface area contributed by atoms with Crippen molar-refractivity contribution in [3.05, 3.63) is 63.4 Å². The third kappa shape index (κ3) is 5.51. The summed E-state index contributed by atoms with van der Waals surface area (Å²) in [6.45, 7) is 5.77. The number of rotatable bonds is 7. The molecular formula is C24H27ClN4O3S. The summed E-state index contributed by atoms with van der Waals surface area (Å²) in [6.07, 6.45) is 0. The van der Waals surface area contributed by atoms with Crippen molar-refractivity contribution in [3.8, 4) is 0 Å². The second kappa shape index (κ2) is 10.6. The number of fused-ring (bicyclic) bond motifs is 1. The molecule has 0 spiro atoms. The highest BCUT2D eigenvalue weighted by molar-refractivity contribution is 7.99. The maximum atomic E-state index is 13.0. The number of aromatic nitrogens is 2. The van der Waals surface area contributed by atoms with Gasteiger partial charge < -0.3 is 14.5 Å². The van der Waals surface area contributed by atoms with Crippen molar-refractivity contribution in [1.29, 1.82) is 0 Å².